The third kappa shape index (κ3) is 12.9. The zero-order valence-electron chi connectivity index (χ0n) is 20.0. The summed E-state index contributed by atoms with van der Waals surface area (Å²) in [6.45, 7) is 3.16. The minimum absolute atomic E-state index is 0.0881. The van der Waals surface area contributed by atoms with Crippen molar-refractivity contribution >= 4 is 11.8 Å². The number of hydrogen-bond acceptors (Lipinski definition) is 4. The molecule has 0 aromatic carbocycles. The first-order valence-corrected chi connectivity index (χ1v) is 12.8. The topological polar surface area (TPSA) is 78.5 Å². The Morgan fingerprint density at radius 3 is 2.03 bits per heavy atom. The van der Waals surface area contributed by atoms with Crippen LogP contribution in [0.1, 0.15) is 110 Å². The monoisotopic (exact) mass is 433 g/mol. The number of carboxylic acids is 1. The standard InChI is InChI=1S/C26H47N3O2/c1-2-3-4-5-6-7-8-9-10-11-12-13-14-15-16-17-18-19-25-28-21-23-29(25,22-20-27)24-26(30)31/h16-17,21,23H,2-15,18-20,22,24,27H2,1H3/b17-16+. The number of allylic oxidation sites excluding steroid dienone is 2. The van der Waals surface area contributed by atoms with Gasteiger partial charge in [-0.15, -0.1) is 0 Å². The molecule has 5 nitrogen and oxygen atoms in total. The summed E-state index contributed by atoms with van der Waals surface area (Å²) in [4.78, 5) is 15.5. The molecule has 0 fully saturated rings. The zero-order chi connectivity index (χ0) is 22.6. The van der Waals surface area contributed by atoms with Gasteiger partial charge >= 0.3 is 0 Å². The van der Waals surface area contributed by atoms with Crippen LogP contribution < -0.4 is 10.8 Å². The van der Waals surface area contributed by atoms with E-state index >= 15 is 0 Å². The van der Waals surface area contributed by atoms with Gasteiger partial charge in [-0.05, 0) is 19.3 Å². The summed E-state index contributed by atoms with van der Waals surface area (Å²) < 4.78 is 0.214. The van der Waals surface area contributed by atoms with E-state index in [1.165, 1.54) is 83.5 Å². The molecule has 0 radical (unpaired) electrons. The molecule has 0 aromatic heterocycles. The maximum absolute atomic E-state index is 11.1. The van der Waals surface area contributed by atoms with E-state index in [1.54, 1.807) is 6.20 Å². The average molecular weight is 434 g/mol. The molecule has 1 aliphatic heterocycles. The van der Waals surface area contributed by atoms with Crippen LogP contribution in [0.25, 0.3) is 0 Å². The second kappa shape index (κ2) is 18.1. The number of aliphatic imine (C=N–C) groups is 1. The predicted molar refractivity (Wildman–Crippen MR) is 129 cm³/mol. The number of carbonyl (C=O) groups is 1. The number of carbonyl (C=O) groups excluding carboxylic acids is 1. The first-order valence-electron chi connectivity index (χ1n) is 12.8. The molecule has 2 N–H and O–H groups in total. The van der Waals surface area contributed by atoms with Crippen LogP contribution in [0.4, 0.5) is 0 Å². The molecule has 1 heterocycles. The average Bonchev–Trinajstić information content (AvgIpc) is 3.11. The van der Waals surface area contributed by atoms with Crippen LogP contribution in [0, 0.1) is 0 Å². The van der Waals surface area contributed by atoms with E-state index in [-0.39, 0.29) is 11.0 Å². The third-order valence-corrected chi connectivity index (χ3v) is 6.20. The molecule has 0 aromatic rings. The number of hydrogen-bond donors (Lipinski definition) is 1. The molecule has 0 amide bonds. The van der Waals surface area contributed by atoms with Crippen LogP contribution in [-0.4, -0.2) is 35.9 Å². The summed E-state index contributed by atoms with van der Waals surface area (Å²) in [5.74, 6) is -0.189. The number of aliphatic carboxylic acids is 1. The smallest absolute Gasteiger partial charge is 0.208 e. The van der Waals surface area contributed by atoms with Crippen molar-refractivity contribution in [2.45, 2.75) is 110 Å². The molecular weight excluding hydrogens is 386 g/mol. The predicted octanol–water partition coefficient (Wildman–Crippen LogP) is 5.21. The molecule has 1 atom stereocenters. The van der Waals surface area contributed by atoms with Crippen molar-refractivity contribution < 1.29 is 14.4 Å². The SMILES string of the molecule is CCCCCCCCCCCCCCC/C=C/CCC1=NC=C[N+]1(CCN)CC(=O)[O-]. The molecule has 0 saturated heterocycles. The highest BCUT2D eigenvalue weighted by Crippen LogP contribution is 2.20. The fourth-order valence-corrected chi connectivity index (χ4v) is 4.35. The lowest BCUT2D eigenvalue weighted by Gasteiger charge is -2.32. The Morgan fingerprint density at radius 1 is 0.935 bits per heavy atom. The summed E-state index contributed by atoms with van der Waals surface area (Å²) >= 11 is 0. The molecule has 0 bridgehead atoms. The van der Waals surface area contributed by atoms with Gasteiger partial charge in [0.05, 0.1) is 12.2 Å². The summed E-state index contributed by atoms with van der Waals surface area (Å²) in [6.07, 6.45) is 28.8. The van der Waals surface area contributed by atoms with E-state index in [0.29, 0.717) is 13.1 Å². The van der Waals surface area contributed by atoms with Gasteiger partial charge in [0, 0.05) is 13.0 Å². The number of nitrogens with two attached hydrogens (primary N) is 1. The fraction of sp³-hybridized carbons (Fsp3) is 0.769. The number of carboxylic acid groups (broad SMARTS) is 1. The second-order valence-corrected chi connectivity index (χ2v) is 8.96. The van der Waals surface area contributed by atoms with Crippen molar-refractivity contribution in [1.82, 2.24) is 0 Å². The van der Waals surface area contributed by atoms with E-state index in [4.69, 9.17) is 5.73 Å². The Hall–Kier alpha value is -1.46. The lowest BCUT2D eigenvalue weighted by molar-refractivity contribution is -0.780. The van der Waals surface area contributed by atoms with Gasteiger partial charge in [-0.2, -0.15) is 0 Å². The first kappa shape index (κ1) is 27.6. The van der Waals surface area contributed by atoms with Crippen LogP contribution in [-0.2, 0) is 4.79 Å². The van der Waals surface area contributed by atoms with Crippen molar-refractivity contribution in [3.05, 3.63) is 24.6 Å². The number of unbranched alkanes of at least 4 members (excludes halogenated alkanes) is 13. The minimum Gasteiger partial charge on any atom is -0.544 e. The number of quaternary nitrogens is 1. The van der Waals surface area contributed by atoms with Crippen LogP contribution >= 0.6 is 0 Å². The van der Waals surface area contributed by atoms with E-state index < -0.39 is 5.97 Å². The molecule has 31 heavy (non-hydrogen) atoms. The minimum atomic E-state index is -1.06. The number of nitrogens with zero attached hydrogens (tertiary/aromatic N) is 2. The van der Waals surface area contributed by atoms with Crippen molar-refractivity contribution in [2.24, 2.45) is 10.7 Å². The lowest BCUT2D eigenvalue weighted by atomic mass is 10.0. The normalized spacial score (nSPS) is 18.2. The van der Waals surface area contributed by atoms with Gasteiger partial charge in [0.1, 0.15) is 19.3 Å². The lowest BCUT2D eigenvalue weighted by Crippen LogP contribution is -2.54. The second-order valence-electron chi connectivity index (χ2n) is 8.96. The molecule has 1 aliphatic rings. The Kier molecular flexibility index (Phi) is 16.1. The largest absolute Gasteiger partial charge is 0.544 e. The van der Waals surface area contributed by atoms with E-state index in [1.807, 2.05) is 6.20 Å². The highest BCUT2D eigenvalue weighted by Gasteiger charge is 2.34. The van der Waals surface area contributed by atoms with Crippen LogP contribution in [0.5, 0.6) is 0 Å². The number of amidine groups is 1. The first-order chi connectivity index (χ1) is 15.1. The Bertz CT molecular complexity index is 557. The summed E-state index contributed by atoms with van der Waals surface area (Å²) in [7, 11) is 0. The summed E-state index contributed by atoms with van der Waals surface area (Å²) in [5, 5.41) is 11.1. The highest BCUT2D eigenvalue weighted by molar-refractivity contribution is 5.81. The summed E-state index contributed by atoms with van der Waals surface area (Å²) in [5.41, 5.74) is 5.69. The van der Waals surface area contributed by atoms with Gasteiger partial charge in [0.15, 0.2) is 0 Å². The fourth-order valence-electron chi connectivity index (χ4n) is 4.35. The van der Waals surface area contributed by atoms with Gasteiger partial charge in [-0.1, -0.05) is 96.1 Å². The van der Waals surface area contributed by atoms with E-state index in [0.717, 1.165) is 25.1 Å². The van der Waals surface area contributed by atoms with E-state index in [9.17, 15) is 9.90 Å². The molecule has 0 aliphatic carbocycles. The molecule has 178 valence electrons. The van der Waals surface area contributed by atoms with Crippen LogP contribution in [0.15, 0.2) is 29.5 Å². The molecule has 1 unspecified atom stereocenters. The Balaban J connectivity index is 1.99. The van der Waals surface area contributed by atoms with Gasteiger partial charge < -0.3 is 15.6 Å². The third-order valence-electron chi connectivity index (χ3n) is 6.20. The van der Waals surface area contributed by atoms with Crippen molar-refractivity contribution in [3.63, 3.8) is 0 Å². The van der Waals surface area contributed by atoms with Gasteiger partial charge in [0.2, 0.25) is 5.84 Å². The molecular formula is C26H47N3O2. The van der Waals surface area contributed by atoms with Gasteiger partial charge in [-0.25, -0.2) is 9.48 Å². The molecule has 1 rings (SSSR count). The highest BCUT2D eigenvalue weighted by atomic mass is 16.4. The van der Waals surface area contributed by atoms with E-state index in [2.05, 4.69) is 24.1 Å². The van der Waals surface area contributed by atoms with Crippen molar-refractivity contribution in [1.29, 1.82) is 0 Å². The van der Waals surface area contributed by atoms with Crippen molar-refractivity contribution in [2.75, 3.05) is 19.6 Å². The molecule has 5 heteroatoms. The van der Waals surface area contributed by atoms with Crippen LogP contribution in [0.2, 0.25) is 0 Å². The maximum atomic E-state index is 11.1. The van der Waals surface area contributed by atoms with Gasteiger partial charge in [0.25, 0.3) is 0 Å². The molecule has 0 spiro atoms. The summed E-state index contributed by atoms with van der Waals surface area (Å²) in [6, 6.07) is 0. The number of rotatable bonds is 21. The quantitative estimate of drug-likeness (QED) is 0.153. The van der Waals surface area contributed by atoms with Crippen LogP contribution in [0.3, 0.4) is 0 Å². The van der Waals surface area contributed by atoms with Gasteiger partial charge in [-0.3, -0.25) is 0 Å². The zero-order valence-corrected chi connectivity index (χ0v) is 20.0. The van der Waals surface area contributed by atoms with Crippen molar-refractivity contribution in [3.8, 4) is 0 Å². The maximum Gasteiger partial charge on any atom is 0.208 e. The Morgan fingerprint density at radius 2 is 1.48 bits per heavy atom. The molecule has 0 saturated carbocycles. The Labute approximate surface area is 191 Å².